The van der Waals surface area contributed by atoms with Crippen LogP contribution in [0, 0.1) is 0 Å². The molecule has 1 aromatic heterocycles. The van der Waals surface area contributed by atoms with E-state index in [9.17, 15) is 0 Å². The summed E-state index contributed by atoms with van der Waals surface area (Å²) >= 11 is 0. The zero-order chi connectivity index (χ0) is 13.0. The molecule has 0 aliphatic heterocycles. The molecule has 0 aliphatic carbocycles. The summed E-state index contributed by atoms with van der Waals surface area (Å²) in [4.78, 5) is 4.39. The number of aryl methyl sites for hydroxylation is 1. The van der Waals surface area contributed by atoms with Crippen molar-refractivity contribution in [2.24, 2.45) is 5.73 Å². The standard InChI is InChI=1S/C14H19N3O/c1-3-17-7-6-16-14(17)9-11-4-5-13(18-2)8-12(11)10-15/h4-8H,3,9-10,15H2,1-2H3. The van der Waals surface area contributed by atoms with Crippen molar-refractivity contribution in [1.29, 1.82) is 0 Å². The zero-order valence-corrected chi connectivity index (χ0v) is 10.9. The molecule has 2 rings (SSSR count). The number of hydrogen-bond acceptors (Lipinski definition) is 3. The fourth-order valence-electron chi connectivity index (χ4n) is 2.06. The normalized spacial score (nSPS) is 10.6. The number of hydrogen-bond donors (Lipinski definition) is 1. The second-order valence-corrected chi connectivity index (χ2v) is 4.15. The third-order valence-corrected chi connectivity index (χ3v) is 3.12. The lowest BCUT2D eigenvalue weighted by Gasteiger charge is -2.10. The van der Waals surface area contributed by atoms with Crippen molar-refractivity contribution in [3.63, 3.8) is 0 Å². The SMILES string of the molecule is CCn1ccnc1Cc1ccc(OC)cc1CN. The fraction of sp³-hybridized carbons (Fsp3) is 0.357. The number of rotatable bonds is 5. The van der Waals surface area contributed by atoms with Gasteiger partial charge in [0.15, 0.2) is 0 Å². The van der Waals surface area contributed by atoms with Crippen LogP contribution in [0.1, 0.15) is 23.9 Å². The highest BCUT2D eigenvalue weighted by atomic mass is 16.5. The van der Waals surface area contributed by atoms with Crippen LogP contribution >= 0.6 is 0 Å². The molecule has 0 amide bonds. The first-order valence-corrected chi connectivity index (χ1v) is 6.14. The summed E-state index contributed by atoms with van der Waals surface area (Å²) in [6.45, 7) is 3.56. The van der Waals surface area contributed by atoms with E-state index in [1.54, 1.807) is 7.11 Å². The molecule has 0 bridgehead atoms. The maximum absolute atomic E-state index is 5.79. The largest absolute Gasteiger partial charge is 0.497 e. The van der Waals surface area contributed by atoms with Gasteiger partial charge in [-0.1, -0.05) is 6.07 Å². The predicted octanol–water partition coefficient (Wildman–Crippen LogP) is 1.96. The van der Waals surface area contributed by atoms with E-state index in [4.69, 9.17) is 10.5 Å². The van der Waals surface area contributed by atoms with Crippen LogP contribution in [0.3, 0.4) is 0 Å². The van der Waals surface area contributed by atoms with Crippen LogP contribution < -0.4 is 10.5 Å². The molecule has 4 nitrogen and oxygen atoms in total. The molecule has 0 atom stereocenters. The van der Waals surface area contributed by atoms with Gasteiger partial charge in [-0.3, -0.25) is 0 Å². The third kappa shape index (κ3) is 2.54. The average molecular weight is 245 g/mol. The van der Waals surface area contributed by atoms with Gasteiger partial charge in [-0.05, 0) is 30.2 Å². The van der Waals surface area contributed by atoms with E-state index in [1.807, 2.05) is 24.5 Å². The molecule has 1 aromatic carbocycles. The van der Waals surface area contributed by atoms with Gasteiger partial charge in [-0.15, -0.1) is 0 Å². The molecule has 0 saturated heterocycles. The second kappa shape index (κ2) is 5.69. The van der Waals surface area contributed by atoms with Crippen molar-refractivity contribution in [1.82, 2.24) is 9.55 Å². The highest BCUT2D eigenvalue weighted by Crippen LogP contribution is 2.19. The smallest absolute Gasteiger partial charge is 0.119 e. The summed E-state index contributed by atoms with van der Waals surface area (Å²) in [5, 5.41) is 0. The fourth-order valence-corrected chi connectivity index (χ4v) is 2.06. The van der Waals surface area contributed by atoms with Gasteiger partial charge >= 0.3 is 0 Å². The summed E-state index contributed by atoms with van der Waals surface area (Å²) in [5.74, 6) is 1.91. The van der Waals surface area contributed by atoms with Gasteiger partial charge in [0.05, 0.1) is 7.11 Å². The third-order valence-electron chi connectivity index (χ3n) is 3.12. The minimum atomic E-state index is 0.513. The number of ether oxygens (including phenoxy) is 1. The number of aromatic nitrogens is 2. The Labute approximate surface area is 107 Å². The van der Waals surface area contributed by atoms with Crippen LogP contribution in [0.4, 0.5) is 0 Å². The van der Waals surface area contributed by atoms with E-state index >= 15 is 0 Å². The Morgan fingerprint density at radius 2 is 2.17 bits per heavy atom. The molecule has 0 radical (unpaired) electrons. The van der Waals surface area contributed by atoms with Gasteiger partial charge in [-0.25, -0.2) is 4.98 Å². The lowest BCUT2D eigenvalue weighted by molar-refractivity contribution is 0.414. The minimum absolute atomic E-state index is 0.513. The van der Waals surface area contributed by atoms with Crippen LogP contribution in [-0.4, -0.2) is 16.7 Å². The monoisotopic (exact) mass is 245 g/mol. The van der Waals surface area contributed by atoms with Gasteiger partial charge in [0.1, 0.15) is 11.6 Å². The maximum Gasteiger partial charge on any atom is 0.119 e. The highest BCUT2D eigenvalue weighted by molar-refractivity contribution is 5.37. The van der Waals surface area contributed by atoms with Gasteiger partial charge in [0.25, 0.3) is 0 Å². The Morgan fingerprint density at radius 3 is 2.83 bits per heavy atom. The number of nitrogens with zero attached hydrogens (tertiary/aromatic N) is 2. The topological polar surface area (TPSA) is 53.1 Å². The Morgan fingerprint density at radius 1 is 1.33 bits per heavy atom. The van der Waals surface area contributed by atoms with Crippen molar-refractivity contribution in [3.05, 3.63) is 47.5 Å². The molecule has 0 fully saturated rings. The average Bonchev–Trinajstić information content (AvgIpc) is 2.86. The van der Waals surface area contributed by atoms with Crippen molar-refractivity contribution in [2.45, 2.75) is 26.4 Å². The molecule has 0 aliphatic rings. The first-order chi connectivity index (χ1) is 8.78. The zero-order valence-electron chi connectivity index (χ0n) is 10.9. The van der Waals surface area contributed by atoms with Gasteiger partial charge < -0.3 is 15.0 Å². The lowest BCUT2D eigenvalue weighted by Crippen LogP contribution is -2.06. The Bertz CT molecular complexity index is 520. The molecule has 2 N–H and O–H groups in total. The quantitative estimate of drug-likeness (QED) is 0.876. The summed E-state index contributed by atoms with van der Waals surface area (Å²) < 4.78 is 7.36. The Hall–Kier alpha value is -1.81. The van der Waals surface area contributed by atoms with Crippen molar-refractivity contribution in [2.75, 3.05) is 7.11 Å². The molecule has 18 heavy (non-hydrogen) atoms. The summed E-state index contributed by atoms with van der Waals surface area (Å²) in [6.07, 6.45) is 4.64. The summed E-state index contributed by atoms with van der Waals surface area (Å²) in [5.41, 5.74) is 8.11. The van der Waals surface area contributed by atoms with Crippen LogP contribution in [0.5, 0.6) is 5.75 Å². The molecule has 0 spiro atoms. The highest BCUT2D eigenvalue weighted by Gasteiger charge is 2.07. The van der Waals surface area contributed by atoms with E-state index < -0.39 is 0 Å². The molecular formula is C14H19N3O. The van der Waals surface area contributed by atoms with E-state index in [1.165, 1.54) is 5.56 Å². The van der Waals surface area contributed by atoms with Crippen LogP contribution in [0.2, 0.25) is 0 Å². The second-order valence-electron chi connectivity index (χ2n) is 4.15. The van der Waals surface area contributed by atoms with Gasteiger partial charge in [0, 0.05) is 31.9 Å². The van der Waals surface area contributed by atoms with E-state index in [0.717, 1.165) is 30.1 Å². The maximum atomic E-state index is 5.79. The Kier molecular flexibility index (Phi) is 3.99. The summed E-state index contributed by atoms with van der Waals surface area (Å²) in [7, 11) is 1.67. The molecule has 96 valence electrons. The van der Waals surface area contributed by atoms with E-state index in [-0.39, 0.29) is 0 Å². The van der Waals surface area contributed by atoms with Crippen molar-refractivity contribution < 1.29 is 4.74 Å². The number of imidazole rings is 1. The number of nitrogens with two attached hydrogens (primary N) is 1. The van der Waals surface area contributed by atoms with Gasteiger partial charge in [0.2, 0.25) is 0 Å². The number of benzene rings is 1. The first kappa shape index (κ1) is 12.6. The number of methoxy groups -OCH3 is 1. The molecule has 1 heterocycles. The lowest BCUT2D eigenvalue weighted by atomic mass is 10.0. The van der Waals surface area contributed by atoms with Crippen LogP contribution in [-0.2, 0) is 19.5 Å². The molecule has 4 heteroatoms. The molecule has 2 aromatic rings. The first-order valence-electron chi connectivity index (χ1n) is 6.14. The molecular weight excluding hydrogens is 226 g/mol. The summed E-state index contributed by atoms with van der Waals surface area (Å²) in [6, 6.07) is 6.03. The van der Waals surface area contributed by atoms with Crippen molar-refractivity contribution in [3.8, 4) is 5.75 Å². The molecule has 0 unspecified atom stereocenters. The minimum Gasteiger partial charge on any atom is -0.497 e. The molecule has 0 saturated carbocycles. The van der Waals surface area contributed by atoms with Crippen LogP contribution in [0.15, 0.2) is 30.6 Å². The van der Waals surface area contributed by atoms with Crippen LogP contribution in [0.25, 0.3) is 0 Å². The van der Waals surface area contributed by atoms with E-state index in [2.05, 4.69) is 22.5 Å². The van der Waals surface area contributed by atoms with E-state index in [0.29, 0.717) is 6.54 Å². The predicted molar refractivity (Wildman–Crippen MR) is 71.6 cm³/mol. The van der Waals surface area contributed by atoms with Gasteiger partial charge in [-0.2, -0.15) is 0 Å². The Balaban J connectivity index is 2.28. The van der Waals surface area contributed by atoms with Crippen molar-refractivity contribution >= 4 is 0 Å².